The summed E-state index contributed by atoms with van der Waals surface area (Å²) >= 11 is 0. The lowest BCUT2D eigenvalue weighted by Crippen LogP contribution is -2.36. The van der Waals surface area contributed by atoms with Gasteiger partial charge in [0, 0.05) is 49.5 Å². The molecule has 9 heteroatoms. The van der Waals surface area contributed by atoms with Crippen LogP contribution in [0.15, 0.2) is 36.8 Å². The average molecular weight is 451 g/mol. The van der Waals surface area contributed by atoms with Gasteiger partial charge in [-0.3, -0.25) is 4.98 Å². The minimum Gasteiger partial charge on any atom is -0.488 e. The molecule has 0 radical (unpaired) electrons. The van der Waals surface area contributed by atoms with Gasteiger partial charge in [-0.1, -0.05) is 0 Å². The van der Waals surface area contributed by atoms with E-state index < -0.39 is 0 Å². The summed E-state index contributed by atoms with van der Waals surface area (Å²) in [6.07, 6.45) is 9.27. The summed E-state index contributed by atoms with van der Waals surface area (Å²) in [6.45, 7) is 5.70. The summed E-state index contributed by atoms with van der Waals surface area (Å²) in [6, 6.07) is 6.85. The molecule has 0 bridgehead atoms. The predicted molar refractivity (Wildman–Crippen MR) is 126 cm³/mol. The lowest BCUT2D eigenvalue weighted by Gasteiger charge is -2.31. The van der Waals surface area contributed by atoms with Gasteiger partial charge in [0.2, 0.25) is 0 Å². The molecule has 174 valence electrons. The fourth-order valence-corrected chi connectivity index (χ4v) is 4.46. The number of aromatic nitrogens is 4. The minimum atomic E-state index is 0.151. The lowest BCUT2D eigenvalue weighted by atomic mass is 9.93. The Kier molecular flexibility index (Phi) is 6.66. The van der Waals surface area contributed by atoms with Crippen molar-refractivity contribution in [1.82, 2.24) is 19.9 Å². The number of fused-ring (bicyclic) bond motifs is 1. The highest BCUT2D eigenvalue weighted by Crippen LogP contribution is 2.33. The number of hydrogen-bond donors (Lipinski definition) is 1. The van der Waals surface area contributed by atoms with Gasteiger partial charge in [0.15, 0.2) is 0 Å². The Bertz CT molecular complexity index is 1070. The molecule has 1 N–H and O–H groups in total. The van der Waals surface area contributed by atoms with Crippen LogP contribution in [-0.4, -0.2) is 65.0 Å². The molecule has 33 heavy (non-hydrogen) atoms. The summed E-state index contributed by atoms with van der Waals surface area (Å²) in [5.41, 5.74) is 2.80. The molecule has 3 heterocycles. The summed E-state index contributed by atoms with van der Waals surface area (Å²) in [4.78, 5) is 20.0. The summed E-state index contributed by atoms with van der Waals surface area (Å²) in [5, 5.41) is 3.52. The number of rotatable bonds is 7. The number of ether oxygens (including phenoxy) is 3. The molecule has 1 saturated carbocycles. The van der Waals surface area contributed by atoms with Gasteiger partial charge in [0.1, 0.15) is 17.1 Å². The van der Waals surface area contributed by atoms with Crippen molar-refractivity contribution in [1.29, 1.82) is 0 Å². The SMILES string of the molecule is CCOc1nccc(N[C@H]2CC[C@@H](Oc3cc(N4CCOCC4)cc4nccnc34)CC2)n1. The van der Waals surface area contributed by atoms with E-state index in [1.165, 1.54) is 0 Å². The fraction of sp³-hybridized carbons (Fsp3) is 0.500. The second kappa shape index (κ2) is 10.2. The second-order valence-electron chi connectivity index (χ2n) is 8.36. The zero-order valence-corrected chi connectivity index (χ0v) is 18.9. The molecule has 5 rings (SSSR count). The van der Waals surface area contributed by atoms with Crippen molar-refractivity contribution in [2.75, 3.05) is 43.1 Å². The van der Waals surface area contributed by atoms with Crippen molar-refractivity contribution in [3.63, 3.8) is 0 Å². The molecule has 1 aromatic carbocycles. The minimum absolute atomic E-state index is 0.151. The standard InChI is InChI=1S/C24H30N6O3/c1-2-32-24-27-8-7-22(29-24)28-17-3-5-19(6-4-17)33-21-16-18(30-11-13-31-14-12-30)15-20-23(21)26-10-9-25-20/h7-10,15-17,19H,2-6,11-14H2,1H3,(H,27,28,29)/t17-,19+. The van der Waals surface area contributed by atoms with E-state index in [0.717, 1.165) is 80.3 Å². The van der Waals surface area contributed by atoms with E-state index >= 15 is 0 Å². The van der Waals surface area contributed by atoms with E-state index in [-0.39, 0.29) is 6.10 Å². The molecule has 1 aliphatic carbocycles. The number of morpholine rings is 1. The molecule has 1 saturated heterocycles. The van der Waals surface area contributed by atoms with Gasteiger partial charge in [0.05, 0.1) is 31.4 Å². The van der Waals surface area contributed by atoms with Crippen LogP contribution in [0.4, 0.5) is 11.5 Å². The Hall–Kier alpha value is -3.20. The monoisotopic (exact) mass is 450 g/mol. The zero-order chi connectivity index (χ0) is 22.5. The highest BCUT2D eigenvalue weighted by atomic mass is 16.5. The number of nitrogens with zero attached hydrogens (tertiary/aromatic N) is 5. The van der Waals surface area contributed by atoms with Crippen molar-refractivity contribution in [2.24, 2.45) is 0 Å². The van der Waals surface area contributed by atoms with E-state index in [9.17, 15) is 0 Å². The number of benzene rings is 1. The first-order valence-electron chi connectivity index (χ1n) is 11.7. The van der Waals surface area contributed by atoms with Crippen LogP contribution in [0.3, 0.4) is 0 Å². The number of nitrogens with one attached hydrogen (secondary N) is 1. The molecule has 2 aromatic heterocycles. The predicted octanol–water partition coefficient (Wildman–Crippen LogP) is 3.46. The first-order valence-corrected chi connectivity index (χ1v) is 11.7. The first-order chi connectivity index (χ1) is 16.3. The molecule has 1 aliphatic heterocycles. The Morgan fingerprint density at radius 1 is 1.03 bits per heavy atom. The van der Waals surface area contributed by atoms with Crippen LogP contribution in [0.5, 0.6) is 11.8 Å². The van der Waals surface area contributed by atoms with Gasteiger partial charge in [0.25, 0.3) is 0 Å². The topological polar surface area (TPSA) is 94.5 Å². The molecule has 9 nitrogen and oxygen atoms in total. The fourth-order valence-electron chi connectivity index (χ4n) is 4.46. The lowest BCUT2D eigenvalue weighted by molar-refractivity contribution is 0.122. The van der Waals surface area contributed by atoms with Crippen molar-refractivity contribution < 1.29 is 14.2 Å². The Morgan fingerprint density at radius 3 is 2.67 bits per heavy atom. The molecular weight excluding hydrogens is 420 g/mol. The molecule has 2 fully saturated rings. The van der Waals surface area contributed by atoms with Gasteiger partial charge < -0.3 is 24.4 Å². The van der Waals surface area contributed by atoms with Crippen molar-refractivity contribution in [3.8, 4) is 11.8 Å². The van der Waals surface area contributed by atoms with Crippen molar-refractivity contribution >= 4 is 22.5 Å². The van der Waals surface area contributed by atoms with Gasteiger partial charge in [-0.2, -0.15) is 4.98 Å². The molecule has 0 spiro atoms. The van der Waals surface area contributed by atoms with Crippen molar-refractivity contribution in [3.05, 3.63) is 36.8 Å². The summed E-state index contributed by atoms with van der Waals surface area (Å²) < 4.78 is 17.4. The quantitative estimate of drug-likeness (QED) is 0.581. The van der Waals surface area contributed by atoms with Gasteiger partial charge in [-0.15, -0.1) is 0 Å². The molecule has 0 atom stereocenters. The number of hydrogen-bond acceptors (Lipinski definition) is 9. The third kappa shape index (κ3) is 5.24. The van der Waals surface area contributed by atoms with Crippen LogP contribution >= 0.6 is 0 Å². The third-order valence-corrected chi connectivity index (χ3v) is 6.13. The average Bonchev–Trinajstić information content (AvgIpc) is 2.86. The Balaban J connectivity index is 1.25. The molecular formula is C24H30N6O3. The van der Waals surface area contributed by atoms with E-state index in [4.69, 9.17) is 14.2 Å². The maximum atomic E-state index is 6.52. The maximum Gasteiger partial charge on any atom is 0.318 e. The van der Waals surface area contributed by atoms with Crippen molar-refractivity contribution in [2.45, 2.75) is 44.8 Å². The second-order valence-corrected chi connectivity index (χ2v) is 8.36. The first kappa shape index (κ1) is 21.6. The van der Waals surface area contributed by atoms with Crippen LogP contribution in [0.2, 0.25) is 0 Å². The summed E-state index contributed by atoms with van der Waals surface area (Å²) in [5.74, 6) is 1.62. The smallest absolute Gasteiger partial charge is 0.318 e. The van der Waals surface area contributed by atoms with Crippen LogP contribution in [0.1, 0.15) is 32.6 Å². The van der Waals surface area contributed by atoms with E-state index in [1.54, 1.807) is 18.6 Å². The van der Waals surface area contributed by atoms with Gasteiger partial charge in [-0.05, 0) is 44.7 Å². The van der Waals surface area contributed by atoms with Gasteiger partial charge in [-0.25, -0.2) is 9.97 Å². The maximum absolute atomic E-state index is 6.52. The number of anilines is 2. The van der Waals surface area contributed by atoms with E-state index in [0.29, 0.717) is 18.7 Å². The van der Waals surface area contributed by atoms with Crippen LogP contribution in [0, 0.1) is 0 Å². The molecule has 3 aromatic rings. The highest BCUT2D eigenvalue weighted by Gasteiger charge is 2.24. The van der Waals surface area contributed by atoms with E-state index in [1.807, 2.05) is 13.0 Å². The Morgan fingerprint density at radius 2 is 1.85 bits per heavy atom. The van der Waals surface area contributed by atoms with Crippen LogP contribution in [-0.2, 0) is 4.74 Å². The molecule has 0 unspecified atom stereocenters. The molecule has 2 aliphatic rings. The molecule has 0 amide bonds. The normalized spacial score (nSPS) is 21.1. The van der Waals surface area contributed by atoms with Crippen LogP contribution < -0.4 is 19.7 Å². The summed E-state index contributed by atoms with van der Waals surface area (Å²) in [7, 11) is 0. The third-order valence-electron chi connectivity index (χ3n) is 6.13. The van der Waals surface area contributed by atoms with Gasteiger partial charge >= 0.3 is 6.01 Å². The zero-order valence-electron chi connectivity index (χ0n) is 18.9. The Labute approximate surface area is 193 Å². The van der Waals surface area contributed by atoms with Crippen LogP contribution in [0.25, 0.3) is 11.0 Å². The largest absolute Gasteiger partial charge is 0.488 e. The highest BCUT2D eigenvalue weighted by molar-refractivity contribution is 5.85. The van der Waals surface area contributed by atoms with E-state index in [2.05, 4.69) is 42.3 Å².